The first-order chi connectivity index (χ1) is 8.64. The highest BCUT2D eigenvalue weighted by Crippen LogP contribution is 2.28. The number of carbonyl (C=O) groups excluding carboxylic acids is 1. The largest absolute Gasteiger partial charge is 0.353 e. The molecule has 104 valence electrons. The zero-order valence-corrected chi connectivity index (χ0v) is 11.8. The Kier molecular flexibility index (Phi) is 4.62. The summed E-state index contributed by atoms with van der Waals surface area (Å²) in [6.07, 6.45) is 4.14. The highest BCUT2D eigenvalue weighted by Gasteiger charge is 2.35. The quantitative estimate of drug-likeness (QED) is 0.788. The molecular formula is C14H27N3O. The van der Waals surface area contributed by atoms with E-state index >= 15 is 0 Å². The molecule has 0 unspecified atom stereocenters. The Morgan fingerprint density at radius 3 is 2.50 bits per heavy atom. The second kappa shape index (κ2) is 6.02. The predicted octanol–water partition coefficient (Wildman–Crippen LogP) is 0.977. The van der Waals surface area contributed by atoms with Crippen molar-refractivity contribution in [1.82, 2.24) is 15.5 Å². The minimum absolute atomic E-state index is 0.146. The van der Waals surface area contributed by atoms with E-state index in [1.165, 1.54) is 0 Å². The Morgan fingerprint density at radius 1 is 1.33 bits per heavy atom. The summed E-state index contributed by atoms with van der Waals surface area (Å²) >= 11 is 0. The summed E-state index contributed by atoms with van der Waals surface area (Å²) < 4.78 is 0. The van der Waals surface area contributed by atoms with E-state index in [0.717, 1.165) is 58.4 Å². The van der Waals surface area contributed by atoms with Crippen LogP contribution >= 0.6 is 0 Å². The molecule has 0 aliphatic carbocycles. The molecule has 0 aromatic rings. The molecule has 2 N–H and O–H groups in total. The number of rotatable bonds is 3. The summed E-state index contributed by atoms with van der Waals surface area (Å²) in [4.78, 5) is 14.8. The summed E-state index contributed by atoms with van der Waals surface area (Å²) in [5.74, 6) is 0.277. The van der Waals surface area contributed by atoms with Gasteiger partial charge in [0.15, 0.2) is 0 Å². The van der Waals surface area contributed by atoms with Gasteiger partial charge in [0.05, 0.1) is 0 Å². The van der Waals surface area contributed by atoms with Crippen molar-refractivity contribution in [2.24, 2.45) is 5.41 Å². The number of likely N-dealkylation sites (tertiary alicyclic amines) is 1. The predicted molar refractivity (Wildman–Crippen MR) is 73.5 cm³/mol. The molecule has 0 atom stereocenters. The molecule has 4 heteroatoms. The molecule has 0 radical (unpaired) electrons. The molecule has 2 aliphatic rings. The van der Waals surface area contributed by atoms with Gasteiger partial charge in [-0.2, -0.15) is 0 Å². The molecule has 2 heterocycles. The van der Waals surface area contributed by atoms with Crippen molar-refractivity contribution in [3.63, 3.8) is 0 Å². The monoisotopic (exact) mass is 253 g/mol. The molecule has 0 spiro atoms. The van der Waals surface area contributed by atoms with E-state index in [0.29, 0.717) is 6.04 Å². The van der Waals surface area contributed by atoms with Crippen molar-refractivity contribution in [2.75, 3.05) is 32.7 Å². The first kappa shape index (κ1) is 13.8. The van der Waals surface area contributed by atoms with Gasteiger partial charge < -0.3 is 15.5 Å². The Labute approximate surface area is 110 Å². The Balaban J connectivity index is 1.80. The van der Waals surface area contributed by atoms with Crippen LogP contribution in [0.1, 0.15) is 39.5 Å². The third-order valence-corrected chi connectivity index (χ3v) is 4.63. The van der Waals surface area contributed by atoms with Gasteiger partial charge in [-0.1, -0.05) is 13.8 Å². The third-order valence-electron chi connectivity index (χ3n) is 4.63. The maximum absolute atomic E-state index is 12.4. The molecule has 1 amide bonds. The van der Waals surface area contributed by atoms with Crippen molar-refractivity contribution < 1.29 is 4.79 Å². The van der Waals surface area contributed by atoms with Gasteiger partial charge >= 0.3 is 0 Å². The van der Waals surface area contributed by atoms with Crippen molar-refractivity contribution in [1.29, 1.82) is 0 Å². The van der Waals surface area contributed by atoms with Crippen molar-refractivity contribution in [3.8, 4) is 0 Å². The number of hydrogen-bond acceptors (Lipinski definition) is 3. The Hall–Kier alpha value is -0.610. The first-order valence-electron chi connectivity index (χ1n) is 7.38. The molecule has 2 aliphatic heterocycles. The van der Waals surface area contributed by atoms with Crippen LogP contribution < -0.4 is 10.6 Å². The highest BCUT2D eigenvalue weighted by atomic mass is 16.2. The standard InChI is InChI=1S/C14H27N3O/c1-3-17-10-4-12(5-11-17)16-13(18)14(2)6-8-15-9-7-14/h12,15H,3-11H2,1-2H3,(H,16,18). The molecule has 4 nitrogen and oxygen atoms in total. The lowest BCUT2D eigenvalue weighted by Gasteiger charge is -2.36. The van der Waals surface area contributed by atoms with E-state index in [1.54, 1.807) is 0 Å². The number of piperidine rings is 2. The van der Waals surface area contributed by atoms with Crippen molar-refractivity contribution >= 4 is 5.91 Å². The van der Waals surface area contributed by atoms with Crippen molar-refractivity contribution in [2.45, 2.75) is 45.6 Å². The van der Waals surface area contributed by atoms with Gasteiger partial charge in [0.2, 0.25) is 5.91 Å². The van der Waals surface area contributed by atoms with Crippen LogP contribution in [0.2, 0.25) is 0 Å². The lowest BCUT2D eigenvalue weighted by molar-refractivity contribution is -0.132. The Morgan fingerprint density at radius 2 is 1.94 bits per heavy atom. The van der Waals surface area contributed by atoms with Crippen LogP contribution in [0.15, 0.2) is 0 Å². The number of nitrogens with zero attached hydrogens (tertiary/aromatic N) is 1. The van der Waals surface area contributed by atoms with Crippen LogP contribution in [0.4, 0.5) is 0 Å². The third kappa shape index (κ3) is 3.23. The van der Waals surface area contributed by atoms with Gasteiger partial charge in [0.1, 0.15) is 0 Å². The minimum Gasteiger partial charge on any atom is -0.353 e. The summed E-state index contributed by atoms with van der Waals surface area (Å²) in [7, 11) is 0. The lowest BCUT2D eigenvalue weighted by atomic mass is 9.80. The van der Waals surface area contributed by atoms with E-state index in [9.17, 15) is 4.79 Å². The van der Waals surface area contributed by atoms with E-state index in [1.807, 2.05) is 0 Å². The van der Waals surface area contributed by atoms with Gasteiger partial charge in [-0.3, -0.25) is 4.79 Å². The molecule has 0 aromatic carbocycles. The fraction of sp³-hybridized carbons (Fsp3) is 0.929. The Bertz CT molecular complexity index is 279. The molecule has 18 heavy (non-hydrogen) atoms. The molecule has 2 fully saturated rings. The van der Waals surface area contributed by atoms with E-state index in [2.05, 4.69) is 29.4 Å². The van der Waals surface area contributed by atoms with Crippen LogP contribution in [-0.4, -0.2) is 49.6 Å². The average molecular weight is 253 g/mol. The topological polar surface area (TPSA) is 44.4 Å². The molecule has 0 aromatic heterocycles. The smallest absolute Gasteiger partial charge is 0.226 e. The number of hydrogen-bond donors (Lipinski definition) is 2. The van der Waals surface area contributed by atoms with Crippen LogP contribution in [0.25, 0.3) is 0 Å². The normalized spacial score (nSPS) is 25.9. The van der Waals surface area contributed by atoms with E-state index in [-0.39, 0.29) is 11.3 Å². The van der Waals surface area contributed by atoms with Crippen molar-refractivity contribution in [3.05, 3.63) is 0 Å². The van der Waals surface area contributed by atoms with Crippen LogP contribution in [0.5, 0.6) is 0 Å². The average Bonchev–Trinajstić information content (AvgIpc) is 2.40. The molecule has 0 bridgehead atoms. The number of carbonyl (C=O) groups is 1. The van der Waals surface area contributed by atoms with Gasteiger partial charge in [-0.25, -0.2) is 0 Å². The van der Waals surface area contributed by atoms with Gasteiger partial charge in [-0.15, -0.1) is 0 Å². The number of amides is 1. The van der Waals surface area contributed by atoms with Crippen LogP contribution in [0, 0.1) is 5.41 Å². The molecule has 0 saturated carbocycles. The first-order valence-corrected chi connectivity index (χ1v) is 7.38. The lowest BCUT2D eigenvalue weighted by Crippen LogP contribution is -2.51. The van der Waals surface area contributed by atoms with Gasteiger partial charge in [0, 0.05) is 24.5 Å². The maximum atomic E-state index is 12.4. The highest BCUT2D eigenvalue weighted by molar-refractivity contribution is 5.82. The molecular weight excluding hydrogens is 226 g/mol. The summed E-state index contributed by atoms with van der Waals surface area (Å²) in [6, 6.07) is 0.395. The van der Waals surface area contributed by atoms with E-state index < -0.39 is 0 Å². The van der Waals surface area contributed by atoms with Gasteiger partial charge in [0.25, 0.3) is 0 Å². The maximum Gasteiger partial charge on any atom is 0.226 e. The molecule has 2 rings (SSSR count). The van der Waals surface area contributed by atoms with Crippen LogP contribution in [0.3, 0.4) is 0 Å². The zero-order valence-electron chi connectivity index (χ0n) is 11.8. The zero-order chi connectivity index (χ0) is 13.0. The second-order valence-electron chi connectivity index (χ2n) is 5.99. The fourth-order valence-electron chi connectivity index (χ4n) is 2.96. The van der Waals surface area contributed by atoms with Crippen LogP contribution in [-0.2, 0) is 4.79 Å². The minimum atomic E-state index is -0.146. The fourth-order valence-corrected chi connectivity index (χ4v) is 2.96. The van der Waals surface area contributed by atoms with E-state index in [4.69, 9.17) is 0 Å². The summed E-state index contributed by atoms with van der Waals surface area (Å²) in [5.41, 5.74) is -0.146. The summed E-state index contributed by atoms with van der Waals surface area (Å²) in [6.45, 7) is 9.64. The molecule has 2 saturated heterocycles. The second-order valence-corrected chi connectivity index (χ2v) is 5.99. The summed E-state index contributed by atoms with van der Waals surface area (Å²) in [5, 5.41) is 6.61. The SMILES string of the molecule is CCN1CCC(NC(=O)C2(C)CCNCC2)CC1. The number of nitrogens with one attached hydrogen (secondary N) is 2. The van der Waals surface area contributed by atoms with Gasteiger partial charge in [-0.05, 0) is 45.3 Å².